The van der Waals surface area contributed by atoms with Crippen LogP contribution in [0.2, 0.25) is 0 Å². The summed E-state index contributed by atoms with van der Waals surface area (Å²) in [7, 11) is 2.18. The lowest BCUT2D eigenvalue weighted by molar-refractivity contribution is 0.889. The molecule has 0 N–H and O–H groups in total. The first-order valence-corrected chi connectivity index (χ1v) is 11.3. The van der Waals surface area contributed by atoms with Crippen molar-refractivity contribution in [2.45, 2.75) is 12.8 Å². The number of aromatic nitrogens is 1. The van der Waals surface area contributed by atoms with E-state index in [1.807, 2.05) is 0 Å². The van der Waals surface area contributed by atoms with Crippen LogP contribution in [-0.4, -0.2) is 12.4 Å². The van der Waals surface area contributed by atoms with Crippen LogP contribution in [0.3, 0.4) is 0 Å². The molecular weight excluding hydrogens is 385 g/mol. The van der Waals surface area contributed by atoms with Gasteiger partial charge in [-0.25, -0.2) is 0 Å². The first-order chi connectivity index (χ1) is 15.8. The molecule has 0 radical (unpaired) electrons. The van der Waals surface area contributed by atoms with E-state index in [0.717, 1.165) is 12.8 Å². The molecule has 152 valence electrons. The minimum atomic E-state index is 1.07. The van der Waals surface area contributed by atoms with E-state index in [0.29, 0.717) is 0 Å². The summed E-state index contributed by atoms with van der Waals surface area (Å²) in [4.78, 5) is 0. The van der Waals surface area contributed by atoms with Crippen LogP contribution in [0.1, 0.15) is 17.7 Å². The molecule has 1 aliphatic carbocycles. The van der Waals surface area contributed by atoms with Crippen LogP contribution in [0.25, 0.3) is 44.9 Å². The van der Waals surface area contributed by atoms with Crippen molar-refractivity contribution in [3.63, 3.8) is 0 Å². The summed E-state index contributed by atoms with van der Waals surface area (Å²) in [6, 6.07) is 35.3. The first-order valence-electron chi connectivity index (χ1n) is 11.3. The van der Waals surface area contributed by atoms with E-state index in [2.05, 4.69) is 122 Å². The van der Waals surface area contributed by atoms with E-state index in [1.165, 1.54) is 55.6 Å². The van der Waals surface area contributed by atoms with Crippen LogP contribution in [-0.2, 0) is 6.42 Å². The van der Waals surface area contributed by atoms with Gasteiger partial charge in [0.25, 0.3) is 0 Å². The van der Waals surface area contributed by atoms with E-state index < -0.39 is 0 Å². The summed E-state index contributed by atoms with van der Waals surface area (Å²) >= 11 is 0. The average molecular weight is 409 g/mol. The third-order valence-electron chi connectivity index (χ3n) is 6.49. The summed E-state index contributed by atoms with van der Waals surface area (Å²) in [5.41, 5.74) is 11.6. The normalized spacial score (nSPS) is 12.8. The highest BCUT2D eigenvalue weighted by atomic mass is 15.0. The highest BCUT2D eigenvalue weighted by Crippen LogP contribution is 2.36. The van der Waals surface area contributed by atoms with Crippen LogP contribution in [0.15, 0.2) is 103 Å². The average Bonchev–Trinajstić information content (AvgIpc) is 3.18. The monoisotopic (exact) mass is 409 g/mol. The number of nitrogens with zero attached hydrogens (tertiary/aromatic N) is 1. The lowest BCUT2D eigenvalue weighted by atomic mass is 9.93. The Morgan fingerprint density at radius 3 is 1.97 bits per heavy atom. The SMILES string of the molecule is Bc1ccc2c(c1)c1c(n2-c2cc(-c3ccccc3)cc(-c3ccccc3)c2)CCC=C1. The molecular formula is C30H24BN. The zero-order valence-electron chi connectivity index (χ0n) is 18.3. The molecule has 1 aliphatic rings. The maximum atomic E-state index is 2.49. The molecule has 0 spiro atoms. The Morgan fingerprint density at radius 1 is 0.656 bits per heavy atom. The second-order valence-electron chi connectivity index (χ2n) is 8.66. The van der Waals surface area contributed by atoms with Crippen molar-refractivity contribution in [1.29, 1.82) is 0 Å². The van der Waals surface area contributed by atoms with E-state index in [-0.39, 0.29) is 0 Å². The topological polar surface area (TPSA) is 4.93 Å². The van der Waals surface area contributed by atoms with Gasteiger partial charge < -0.3 is 4.57 Å². The minimum absolute atomic E-state index is 1.07. The van der Waals surface area contributed by atoms with E-state index in [1.54, 1.807) is 0 Å². The van der Waals surface area contributed by atoms with Gasteiger partial charge in [0.2, 0.25) is 0 Å². The Balaban J connectivity index is 1.66. The maximum absolute atomic E-state index is 2.49. The van der Waals surface area contributed by atoms with Gasteiger partial charge in [0, 0.05) is 22.3 Å². The number of hydrogen-bond donors (Lipinski definition) is 0. The fourth-order valence-corrected chi connectivity index (χ4v) is 4.97. The zero-order chi connectivity index (χ0) is 21.5. The van der Waals surface area contributed by atoms with Crippen molar-refractivity contribution in [1.82, 2.24) is 4.57 Å². The molecule has 0 bridgehead atoms. The Bertz CT molecular complexity index is 1400. The molecule has 6 rings (SSSR count). The van der Waals surface area contributed by atoms with Crippen LogP contribution in [0.5, 0.6) is 0 Å². The second kappa shape index (κ2) is 7.73. The smallest absolute Gasteiger partial charge is 0.139 e. The lowest BCUT2D eigenvalue weighted by Gasteiger charge is -2.17. The largest absolute Gasteiger partial charge is 0.313 e. The third-order valence-corrected chi connectivity index (χ3v) is 6.49. The first kappa shape index (κ1) is 19.0. The van der Waals surface area contributed by atoms with Gasteiger partial charge in [0.1, 0.15) is 7.85 Å². The molecule has 0 saturated heterocycles. The molecule has 0 fully saturated rings. The number of fused-ring (bicyclic) bond motifs is 3. The van der Waals surface area contributed by atoms with Gasteiger partial charge in [-0.2, -0.15) is 0 Å². The second-order valence-corrected chi connectivity index (χ2v) is 8.66. The van der Waals surface area contributed by atoms with Gasteiger partial charge in [-0.05, 0) is 59.4 Å². The van der Waals surface area contributed by atoms with Crippen LogP contribution < -0.4 is 5.46 Å². The van der Waals surface area contributed by atoms with Crippen LogP contribution in [0, 0.1) is 0 Å². The zero-order valence-corrected chi connectivity index (χ0v) is 18.3. The molecule has 0 amide bonds. The predicted octanol–water partition coefficient (Wildman–Crippen LogP) is 6.18. The summed E-state index contributed by atoms with van der Waals surface area (Å²) in [6.45, 7) is 0. The van der Waals surface area contributed by atoms with Gasteiger partial charge in [0.05, 0.1) is 5.52 Å². The van der Waals surface area contributed by atoms with Crippen molar-refractivity contribution in [3.05, 3.63) is 114 Å². The fourth-order valence-electron chi connectivity index (χ4n) is 4.97. The minimum Gasteiger partial charge on any atom is -0.313 e. The van der Waals surface area contributed by atoms with Gasteiger partial charge in [-0.15, -0.1) is 0 Å². The fraction of sp³-hybridized carbons (Fsp3) is 0.0667. The van der Waals surface area contributed by atoms with Crippen molar-refractivity contribution < 1.29 is 0 Å². The molecule has 0 unspecified atom stereocenters. The van der Waals surface area contributed by atoms with Gasteiger partial charge in [0.15, 0.2) is 0 Å². The van der Waals surface area contributed by atoms with Crippen molar-refractivity contribution >= 4 is 30.3 Å². The summed E-state index contributed by atoms with van der Waals surface area (Å²) in [6.07, 6.45) is 6.78. The molecule has 1 nitrogen and oxygen atoms in total. The number of benzene rings is 4. The number of hydrogen-bond acceptors (Lipinski definition) is 0. The van der Waals surface area contributed by atoms with E-state index in [9.17, 15) is 0 Å². The third kappa shape index (κ3) is 3.20. The Hall–Kier alpha value is -3.78. The van der Waals surface area contributed by atoms with Gasteiger partial charge in [-0.1, -0.05) is 90.4 Å². The van der Waals surface area contributed by atoms with E-state index >= 15 is 0 Å². The lowest BCUT2D eigenvalue weighted by Crippen LogP contribution is -2.04. The molecule has 1 aromatic heterocycles. The van der Waals surface area contributed by atoms with Crippen molar-refractivity contribution in [2.75, 3.05) is 0 Å². The Morgan fingerprint density at radius 2 is 1.31 bits per heavy atom. The Labute approximate surface area is 190 Å². The van der Waals surface area contributed by atoms with Crippen LogP contribution in [0.4, 0.5) is 0 Å². The molecule has 4 aromatic carbocycles. The highest BCUT2D eigenvalue weighted by Gasteiger charge is 2.19. The quantitative estimate of drug-likeness (QED) is 0.314. The van der Waals surface area contributed by atoms with Gasteiger partial charge >= 0.3 is 0 Å². The summed E-state index contributed by atoms with van der Waals surface area (Å²) < 4.78 is 2.49. The molecule has 1 heterocycles. The number of rotatable bonds is 3. The molecule has 0 aliphatic heterocycles. The molecule has 32 heavy (non-hydrogen) atoms. The predicted molar refractivity (Wildman–Crippen MR) is 140 cm³/mol. The maximum Gasteiger partial charge on any atom is 0.139 e. The molecule has 2 heteroatoms. The van der Waals surface area contributed by atoms with Gasteiger partial charge in [-0.3, -0.25) is 0 Å². The molecule has 5 aromatic rings. The summed E-state index contributed by atoms with van der Waals surface area (Å²) in [5.74, 6) is 0. The molecule has 0 atom stereocenters. The van der Waals surface area contributed by atoms with Crippen molar-refractivity contribution in [2.24, 2.45) is 0 Å². The highest BCUT2D eigenvalue weighted by molar-refractivity contribution is 6.33. The standard InChI is InChI=1S/C30H24BN/c31-25-15-16-30-28(20-25)27-13-7-8-14-29(27)32(30)26-18-23(21-9-3-1-4-10-21)17-24(19-26)22-11-5-2-6-12-22/h1-7,9-13,15-20H,8,14,31H2. The number of allylic oxidation sites excluding steroid dienone is 1. The summed E-state index contributed by atoms with van der Waals surface area (Å²) in [5, 5.41) is 1.35. The van der Waals surface area contributed by atoms with Crippen molar-refractivity contribution in [3.8, 4) is 27.9 Å². The van der Waals surface area contributed by atoms with E-state index in [4.69, 9.17) is 0 Å². The Kier molecular flexibility index (Phi) is 4.58. The van der Waals surface area contributed by atoms with Crippen LogP contribution >= 0.6 is 0 Å². The molecule has 0 saturated carbocycles.